The molecular weight excluding hydrogens is 584 g/mol. The molecule has 0 radical (unpaired) electrons. The number of rotatable bonds is 31. The third kappa shape index (κ3) is 19.0. The maximum atomic E-state index is 12.0. The van der Waals surface area contributed by atoms with E-state index in [9.17, 15) is 4.79 Å². The lowest BCUT2D eigenvalue weighted by Crippen LogP contribution is -2.31. The van der Waals surface area contributed by atoms with Gasteiger partial charge in [-0.3, -0.25) is 4.79 Å². The normalized spacial score (nSPS) is 25.3. The van der Waals surface area contributed by atoms with Crippen LogP contribution in [0, 0.1) is 23.7 Å². The summed E-state index contributed by atoms with van der Waals surface area (Å²) in [5.74, 6) is 3.02. The molecule has 5 heteroatoms. The minimum atomic E-state index is -0.0547. The molecule has 0 spiro atoms. The summed E-state index contributed by atoms with van der Waals surface area (Å²) in [7, 11) is 0. The summed E-state index contributed by atoms with van der Waals surface area (Å²) in [6.07, 6.45) is 42.1. The Morgan fingerprint density at radius 2 is 1.30 bits per heavy atom. The summed E-state index contributed by atoms with van der Waals surface area (Å²) in [6.45, 7) is 7.53. The monoisotopic (exact) mass is 659 g/mol. The zero-order valence-electron chi connectivity index (χ0n) is 30.8. The molecule has 3 aliphatic rings. The molecule has 0 aromatic heterocycles. The zero-order chi connectivity index (χ0) is 33.2. The molecule has 2 fully saturated rings. The molecule has 3 rings (SSSR count). The molecule has 0 bridgehead atoms. The molecule has 2 heterocycles. The minimum absolute atomic E-state index is 0.0547. The Morgan fingerprint density at radius 1 is 0.702 bits per heavy atom. The fourth-order valence-electron chi connectivity index (χ4n) is 7.65. The summed E-state index contributed by atoms with van der Waals surface area (Å²) in [5, 5.41) is 0. The summed E-state index contributed by atoms with van der Waals surface area (Å²) in [4.78, 5) is 12.0. The van der Waals surface area contributed by atoms with Crippen molar-refractivity contribution in [3.05, 3.63) is 24.3 Å². The highest BCUT2D eigenvalue weighted by Gasteiger charge is 2.34. The number of unbranched alkanes of at least 4 members (excludes halogenated alkanes) is 15. The van der Waals surface area contributed by atoms with Gasteiger partial charge in [-0.25, -0.2) is 0 Å². The van der Waals surface area contributed by atoms with E-state index in [0.29, 0.717) is 13.0 Å². The molecule has 272 valence electrons. The number of carbonyl (C=O) groups excluding carboxylic acids is 1. The molecule has 5 nitrogen and oxygen atoms in total. The van der Waals surface area contributed by atoms with Crippen LogP contribution in [0.4, 0.5) is 0 Å². The molecule has 0 N–H and O–H groups in total. The fourth-order valence-corrected chi connectivity index (χ4v) is 7.65. The lowest BCUT2D eigenvalue weighted by Gasteiger charge is -2.40. The molecule has 47 heavy (non-hydrogen) atoms. The molecule has 0 amide bonds. The summed E-state index contributed by atoms with van der Waals surface area (Å²) in [5.41, 5.74) is 0. The molecule has 0 saturated carbocycles. The van der Waals surface area contributed by atoms with E-state index in [-0.39, 0.29) is 18.4 Å². The van der Waals surface area contributed by atoms with E-state index in [4.69, 9.17) is 18.9 Å². The van der Waals surface area contributed by atoms with E-state index in [0.717, 1.165) is 62.8 Å². The predicted octanol–water partition coefficient (Wildman–Crippen LogP) is 11.7. The van der Waals surface area contributed by atoms with Gasteiger partial charge in [0.1, 0.15) is 12.7 Å². The Hall–Kier alpha value is -1.17. The van der Waals surface area contributed by atoms with Crippen molar-refractivity contribution in [3.63, 3.8) is 0 Å². The van der Waals surface area contributed by atoms with E-state index >= 15 is 0 Å². The third-order valence-electron chi connectivity index (χ3n) is 10.8. The largest absolute Gasteiger partial charge is 0.463 e. The molecule has 2 aliphatic heterocycles. The number of ether oxygens (including phenoxy) is 4. The maximum Gasteiger partial charge on any atom is 0.305 e. The van der Waals surface area contributed by atoms with Crippen LogP contribution in [0.25, 0.3) is 0 Å². The van der Waals surface area contributed by atoms with Gasteiger partial charge in [-0.15, -0.1) is 0 Å². The predicted molar refractivity (Wildman–Crippen MR) is 195 cm³/mol. The molecule has 0 aromatic carbocycles. The van der Waals surface area contributed by atoms with Crippen molar-refractivity contribution >= 4 is 5.97 Å². The summed E-state index contributed by atoms with van der Waals surface area (Å²) in [6, 6.07) is 0. The van der Waals surface area contributed by atoms with Crippen LogP contribution in [0.2, 0.25) is 0 Å². The van der Waals surface area contributed by atoms with Crippen LogP contribution in [0.3, 0.4) is 0 Å². The van der Waals surface area contributed by atoms with Crippen LogP contribution in [0.5, 0.6) is 0 Å². The first kappa shape index (κ1) is 40.3. The van der Waals surface area contributed by atoms with Gasteiger partial charge in [-0.05, 0) is 75.0 Å². The second-order valence-corrected chi connectivity index (χ2v) is 14.9. The highest BCUT2D eigenvalue weighted by molar-refractivity contribution is 5.69. The summed E-state index contributed by atoms with van der Waals surface area (Å²) >= 11 is 0. The van der Waals surface area contributed by atoms with Crippen molar-refractivity contribution in [2.24, 2.45) is 23.7 Å². The van der Waals surface area contributed by atoms with Crippen molar-refractivity contribution in [2.45, 2.75) is 187 Å². The second kappa shape index (κ2) is 26.7. The van der Waals surface area contributed by atoms with E-state index in [2.05, 4.69) is 38.2 Å². The Morgan fingerprint density at radius 3 is 1.96 bits per heavy atom. The van der Waals surface area contributed by atoms with Gasteiger partial charge in [0.15, 0.2) is 6.29 Å². The first-order chi connectivity index (χ1) is 23.2. The highest BCUT2D eigenvalue weighted by Crippen LogP contribution is 2.44. The number of carbonyl (C=O) groups is 1. The number of hydrogen-bond acceptors (Lipinski definition) is 5. The molecule has 6 unspecified atom stereocenters. The number of esters is 1. The Labute approximate surface area is 290 Å². The fraction of sp³-hybridized carbons (Fsp3) is 0.881. The van der Waals surface area contributed by atoms with Gasteiger partial charge in [-0.1, -0.05) is 134 Å². The molecule has 1 aliphatic carbocycles. The first-order valence-corrected chi connectivity index (χ1v) is 20.5. The van der Waals surface area contributed by atoms with Crippen LogP contribution in [-0.2, 0) is 23.7 Å². The van der Waals surface area contributed by atoms with Crippen LogP contribution in [-0.4, -0.2) is 44.8 Å². The van der Waals surface area contributed by atoms with Crippen LogP contribution >= 0.6 is 0 Å². The van der Waals surface area contributed by atoms with Gasteiger partial charge in [0.25, 0.3) is 0 Å². The maximum absolute atomic E-state index is 12.0. The summed E-state index contributed by atoms with van der Waals surface area (Å²) < 4.78 is 21.5. The number of hydrogen-bond donors (Lipinski definition) is 0. The highest BCUT2D eigenvalue weighted by atomic mass is 16.7. The molecule has 2 saturated heterocycles. The second-order valence-electron chi connectivity index (χ2n) is 14.9. The van der Waals surface area contributed by atoms with Crippen molar-refractivity contribution < 1.29 is 23.7 Å². The molecule has 0 aromatic rings. The topological polar surface area (TPSA) is 57.3 Å². The van der Waals surface area contributed by atoms with Gasteiger partial charge >= 0.3 is 5.97 Å². The van der Waals surface area contributed by atoms with E-state index < -0.39 is 0 Å². The van der Waals surface area contributed by atoms with Gasteiger partial charge in [0.2, 0.25) is 0 Å². The van der Waals surface area contributed by atoms with Crippen LogP contribution < -0.4 is 0 Å². The Bertz CT molecular complexity index is 816. The lowest BCUT2D eigenvalue weighted by molar-refractivity contribution is -0.214. The average Bonchev–Trinajstić information content (AvgIpc) is 3.89. The van der Waals surface area contributed by atoms with Crippen molar-refractivity contribution in [1.82, 2.24) is 0 Å². The van der Waals surface area contributed by atoms with E-state index in [1.165, 1.54) is 135 Å². The minimum Gasteiger partial charge on any atom is -0.463 e. The zero-order valence-corrected chi connectivity index (χ0v) is 30.8. The van der Waals surface area contributed by atoms with Crippen LogP contribution in [0.1, 0.15) is 174 Å². The van der Waals surface area contributed by atoms with Gasteiger partial charge in [-0.2, -0.15) is 0 Å². The average molecular weight is 659 g/mol. The Balaban J connectivity index is 1.45. The molecule has 6 atom stereocenters. The van der Waals surface area contributed by atoms with Gasteiger partial charge in [0, 0.05) is 19.4 Å². The van der Waals surface area contributed by atoms with Crippen LogP contribution in [0.15, 0.2) is 24.3 Å². The van der Waals surface area contributed by atoms with Crippen molar-refractivity contribution in [3.8, 4) is 0 Å². The van der Waals surface area contributed by atoms with E-state index in [1.807, 2.05) is 0 Å². The standard InChI is InChI=1S/C42H74O5/c1-3-5-7-9-14-20-26-39-36(24-18-8-6-4-2)29-30-37(25-19-13-10-11-17-23-32-44-42-31-33-45-42)40(39)27-21-15-12-16-22-28-41(43)47-35-38-34-46-38/h14,20,29-30,36-40,42H,3-13,15-19,21-28,31-35H2,1-2H3/b20-14+. The van der Waals surface area contributed by atoms with Gasteiger partial charge in [0.05, 0.1) is 13.2 Å². The van der Waals surface area contributed by atoms with Crippen molar-refractivity contribution in [2.75, 3.05) is 26.4 Å². The number of allylic oxidation sites excluding steroid dienone is 4. The lowest BCUT2D eigenvalue weighted by atomic mass is 9.65. The van der Waals surface area contributed by atoms with E-state index in [1.54, 1.807) is 0 Å². The molecular formula is C42H74O5. The quantitative estimate of drug-likeness (QED) is 0.0321. The van der Waals surface area contributed by atoms with Gasteiger partial charge < -0.3 is 18.9 Å². The first-order valence-electron chi connectivity index (χ1n) is 20.5. The smallest absolute Gasteiger partial charge is 0.305 e. The Kier molecular flexibility index (Phi) is 22.8. The SMILES string of the molecule is CCCCC/C=C/CC1C(CCCCCC)C=CC(CCCCCCCCOC2CCO2)C1CCCCCCCC(=O)OCC1CO1. The third-order valence-corrected chi connectivity index (χ3v) is 10.8. The number of epoxide rings is 1. The van der Waals surface area contributed by atoms with Crippen molar-refractivity contribution in [1.29, 1.82) is 0 Å².